The summed E-state index contributed by atoms with van der Waals surface area (Å²) >= 11 is 0. The van der Waals surface area contributed by atoms with Gasteiger partial charge in [0.15, 0.2) is 0 Å². The largest absolute Gasteiger partial charge is 0.380 e. The molecule has 0 atom stereocenters. The van der Waals surface area contributed by atoms with Gasteiger partial charge in [0.25, 0.3) is 0 Å². The Morgan fingerprint density at radius 3 is 2.48 bits per heavy atom. The molecule has 0 fully saturated rings. The molecule has 2 heterocycles. The number of halogens is 1. The van der Waals surface area contributed by atoms with Gasteiger partial charge in [0.05, 0.1) is 18.8 Å². The molecule has 0 aliphatic rings. The van der Waals surface area contributed by atoms with Crippen LogP contribution in [-0.2, 0) is 11.3 Å². The molecule has 0 aliphatic heterocycles. The van der Waals surface area contributed by atoms with Gasteiger partial charge in [-0.1, -0.05) is 5.21 Å². The SMILES string of the molecule is CCOCCn1nnc(-c2ccc(F)cc2)c1-c1ccncc1. The fourth-order valence-electron chi connectivity index (χ4n) is 2.36. The van der Waals surface area contributed by atoms with E-state index in [2.05, 4.69) is 15.3 Å². The second-order valence-electron chi connectivity index (χ2n) is 4.95. The number of rotatable bonds is 6. The van der Waals surface area contributed by atoms with Gasteiger partial charge in [0.2, 0.25) is 0 Å². The molecule has 0 saturated carbocycles. The average molecular weight is 312 g/mol. The first kappa shape index (κ1) is 15.3. The minimum Gasteiger partial charge on any atom is -0.380 e. The molecule has 0 bridgehead atoms. The summed E-state index contributed by atoms with van der Waals surface area (Å²) in [4.78, 5) is 4.05. The van der Waals surface area contributed by atoms with Crippen molar-refractivity contribution in [1.29, 1.82) is 0 Å². The molecule has 0 spiro atoms. The van der Waals surface area contributed by atoms with Crippen molar-refractivity contribution in [2.45, 2.75) is 13.5 Å². The smallest absolute Gasteiger partial charge is 0.123 e. The predicted molar refractivity (Wildman–Crippen MR) is 85.1 cm³/mol. The minimum atomic E-state index is -0.275. The maximum Gasteiger partial charge on any atom is 0.123 e. The number of benzene rings is 1. The molecule has 3 rings (SSSR count). The van der Waals surface area contributed by atoms with Crippen LogP contribution in [0.2, 0.25) is 0 Å². The standard InChI is InChI=1S/C17H17FN4O/c1-2-23-12-11-22-17(14-7-9-19-10-8-14)16(20-21-22)13-3-5-15(18)6-4-13/h3-10H,2,11-12H2,1H3. The second kappa shape index (κ2) is 7.11. The fraction of sp³-hybridized carbons (Fsp3) is 0.235. The molecular formula is C17H17FN4O. The topological polar surface area (TPSA) is 52.8 Å². The zero-order valence-corrected chi connectivity index (χ0v) is 12.8. The Kier molecular flexibility index (Phi) is 4.73. The van der Waals surface area contributed by atoms with Gasteiger partial charge < -0.3 is 4.74 Å². The van der Waals surface area contributed by atoms with Crippen molar-refractivity contribution in [1.82, 2.24) is 20.0 Å². The Labute approximate surface area is 133 Å². The van der Waals surface area contributed by atoms with Crippen LogP contribution in [0.5, 0.6) is 0 Å². The van der Waals surface area contributed by atoms with E-state index in [-0.39, 0.29) is 5.82 Å². The summed E-state index contributed by atoms with van der Waals surface area (Å²) in [5.41, 5.74) is 3.37. The highest BCUT2D eigenvalue weighted by Gasteiger charge is 2.16. The van der Waals surface area contributed by atoms with Crippen molar-refractivity contribution in [3.63, 3.8) is 0 Å². The molecule has 0 N–H and O–H groups in total. The Morgan fingerprint density at radius 1 is 1.04 bits per heavy atom. The molecule has 3 aromatic rings. The first-order chi connectivity index (χ1) is 11.3. The van der Waals surface area contributed by atoms with Crippen LogP contribution in [0.3, 0.4) is 0 Å². The number of ether oxygens (including phenoxy) is 1. The zero-order valence-electron chi connectivity index (χ0n) is 12.8. The summed E-state index contributed by atoms with van der Waals surface area (Å²) in [7, 11) is 0. The third-order valence-electron chi connectivity index (χ3n) is 3.46. The summed E-state index contributed by atoms with van der Waals surface area (Å²) in [5.74, 6) is -0.275. The summed E-state index contributed by atoms with van der Waals surface area (Å²) in [5, 5.41) is 8.52. The highest BCUT2D eigenvalue weighted by atomic mass is 19.1. The minimum absolute atomic E-state index is 0.275. The predicted octanol–water partition coefficient (Wildman–Crippen LogP) is 3.18. The molecule has 0 amide bonds. The lowest BCUT2D eigenvalue weighted by molar-refractivity contribution is 0.136. The Bertz CT molecular complexity index is 756. The van der Waals surface area contributed by atoms with E-state index >= 15 is 0 Å². The molecular weight excluding hydrogens is 295 g/mol. The molecule has 0 radical (unpaired) electrons. The van der Waals surface area contributed by atoms with E-state index in [0.717, 1.165) is 16.8 Å². The van der Waals surface area contributed by atoms with Crippen molar-refractivity contribution in [2.75, 3.05) is 13.2 Å². The quantitative estimate of drug-likeness (QED) is 0.656. The summed E-state index contributed by atoms with van der Waals surface area (Å²) in [6, 6.07) is 10.1. The van der Waals surface area contributed by atoms with Crippen LogP contribution < -0.4 is 0 Å². The van der Waals surface area contributed by atoms with Gasteiger partial charge in [-0.05, 0) is 43.3 Å². The van der Waals surface area contributed by atoms with Crippen LogP contribution in [0.1, 0.15) is 6.92 Å². The highest BCUT2D eigenvalue weighted by Crippen LogP contribution is 2.29. The summed E-state index contributed by atoms with van der Waals surface area (Å²) < 4.78 is 20.4. The van der Waals surface area contributed by atoms with E-state index in [1.54, 1.807) is 24.5 Å². The van der Waals surface area contributed by atoms with Gasteiger partial charge >= 0.3 is 0 Å². The van der Waals surface area contributed by atoms with Gasteiger partial charge in [-0.3, -0.25) is 4.98 Å². The third kappa shape index (κ3) is 3.43. The Hall–Kier alpha value is -2.60. The van der Waals surface area contributed by atoms with Crippen LogP contribution in [-0.4, -0.2) is 33.2 Å². The van der Waals surface area contributed by atoms with Crippen molar-refractivity contribution < 1.29 is 9.13 Å². The fourth-order valence-corrected chi connectivity index (χ4v) is 2.36. The summed E-state index contributed by atoms with van der Waals surface area (Å²) in [6.45, 7) is 3.76. The normalized spacial score (nSPS) is 10.9. The molecule has 23 heavy (non-hydrogen) atoms. The lowest BCUT2D eigenvalue weighted by Crippen LogP contribution is -2.09. The van der Waals surface area contributed by atoms with Crippen molar-refractivity contribution >= 4 is 0 Å². The number of nitrogens with zero attached hydrogens (tertiary/aromatic N) is 4. The third-order valence-corrected chi connectivity index (χ3v) is 3.46. The monoisotopic (exact) mass is 312 g/mol. The number of pyridine rings is 1. The van der Waals surface area contributed by atoms with Gasteiger partial charge in [-0.15, -0.1) is 5.10 Å². The van der Waals surface area contributed by atoms with Gasteiger partial charge in [-0.25, -0.2) is 9.07 Å². The molecule has 5 nitrogen and oxygen atoms in total. The second-order valence-corrected chi connectivity index (χ2v) is 4.95. The Balaban J connectivity index is 2.04. The van der Waals surface area contributed by atoms with Crippen LogP contribution in [0.15, 0.2) is 48.8 Å². The molecule has 6 heteroatoms. The van der Waals surface area contributed by atoms with E-state index in [0.29, 0.717) is 25.5 Å². The van der Waals surface area contributed by atoms with E-state index in [4.69, 9.17) is 4.74 Å². The number of aromatic nitrogens is 4. The number of hydrogen-bond acceptors (Lipinski definition) is 4. The summed E-state index contributed by atoms with van der Waals surface area (Å²) in [6.07, 6.45) is 3.45. The molecule has 2 aromatic heterocycles. The van der Waals surface area contributed by atoms with Crippen LogP contribution in [0, 0.1) is 5.82 Å². The van der Waals surface area contributed by atoms with Crippen molar-refractivity contribution in [3.05, 3.63) is 54.6 Å². The lowest BCUT2D eigenvalue weighted by atomic mass is 10.1. The van der Waals surface area contributed by atoms with Gasteiger partial charge in [0, 0.05) is 30.1 Å². The maximum atomic E-state index is 13.2. The molecule has 0 saturated heterocycles. The molecule has 118 valence electrons. The van der Waals surface area contributed by atoms with Gasteiger partial charge in [0.1, 0.15) is 11.5 Å². The van der Waals surface area contributed by atoms with Crippen molar-refractivity contribution in [2.24, 2.45) is 0 Å². The van der Waals surface area contributed by atoms with E-state index in [1.165, 1.54) is 12.1 Å². The van der Waals surface area contributed by atoms with Gasteiger partial charge in [-0.2, -0.15) is 0 Å². The lowest BCUT2D eigenvalue weighted by Gasteiger charge is -2.08. The molecule has 0 unspecified atom stereocenters. The average Bonchev–Trinajstić information content (AvgIpc) is 3.00. The van der Waals surface area contributed by atoms with Crippen LogP contribution >= 0.6 is 0 Å². The van der Waals surface area contributed by atoms with Crippen molar-refractivity contribution in [3.8, 4) is 22.5 Å². The zero-order chi connectivity index (χ0) is 16.1. The Morgan fingerprint density at radius 2 is 1.78 bits per heavy atom. The first-order valence-electron chi connectivity index (χ1n) is 7.47. The maximum absolute atomic E-state index is 13.2. The van der Waals surface area contributed by atoms with Crippen LogP contribution in [0.4, 0.5) is 4.39 Å². The molecule has 1 aromatic carbocycles. The number of hydrogen-bond donors (Lipinski definition) is 0. The van der Waals surface area contributed by atoms with Crippen LogP contribution in [0.25, 0.3) is 22.5 Å². The molecule has 0 aliphatic carbocycles. The first-order valence-corrected chi connectivity index (χ1v) is 7.47. The van der Waals surface area contributed by atoms with E-state index < -0.39 is 0 Å². The highest BCUT2D eigenvalue weighted by molar-refractivity contribution is 5.77. The van der Waals surface area contributed by atoms with E-state index in [9.17, 15) is 4.39 Å². The van der Waals surface area contributed by atoms with E-state index in [1.807, 2.05) is 23.7 Å².